The van der Waals surface area contributed by atoms with Gasteiger partial charge < -0.3 is 15.1 Å². The van der Waals surface area contributed by atoms with E-state index in [4.69, 9.17) is 11.6 Å². The smallest absolute Gasteiger partial charge is 0.287 e. The highest BCUT2D eigenvalue weighted by Crippen LogP contribution is 2.33. The number of carbonyl (C=O) groups is 3. The minimum atomic E-state index is -0.332. The summed E-state index contributed by atoms with van der Waals surface area (Å²) in [6.07, 6.45) is 3.31. The lowest BCUT2D eigenvalue weighted by Gasteiger charge is -2.40. The molecule has 2 aromatic carbocycles. The van der Waals surface area contributed by atoms with Gasteiger partial charge in [-0.25, -0.2) is 4.68 Å². The van der Waals surface area contributed by atoms with Crippen molar-refractivity contribution in [3.05, 3.63) is 92.4 Å². The molecule has 3 saturated heterocycles. The molecule has 0 bridgehead atoms. The van der Waals surface area contributed by atoms with Crippen LogP contribution in [0.1, 0.15) is 64.1 Å². The minimum absolute atomic E-state index is 0.0113. The molecule has 1 aromatic heterocycles. The number of aromatic nitrogens is 2. The average Bonchev–Trinajstić information content (AvgIpc) is 2.96. The normalized spacial score (nSPS) is 23.0. The molecule has 0 spiro atoms. The highest BCUT2D eigenvalue weighted by molar-refractivity contribution is 6.32. The molecule has 3 aromatic rings. The maximum Gasteiger partial charge on any atom is 0.287 e. The van der Waals surface area contributed by atoms with Crippen LogP contribution in [0.2, 0.25) is 5.02 Å². The average molecular weight is 603 g/mol. The second-order valence-electron chi connectivity index (χ2n) is 12.0. The van der Waals surface area contributed by atoms with Crippen molar-refractivity contribution in [3.8, 4) is 0 Å². The second-order valence-corrected chi connectivity index (χ2v) is 12.4. The number of benzene rings is 2. The molecule has 6 rings (SSSR count). The molecule has 3 aliphatic heterocycles. The Balaban J connectivity index is 1.06. The van der Waals surface area contributed by atoms with Gasteiger partial charge in [0.1, 0.15) is 5.02 Å². The van der Waals surface area contributed by atoms with Gasteiger partial charge in [0.2, 0.25) is 11.8 Å². The van der Waals surface area contributed by atoms with Crippen LogP contribution in [-0.4, -0.2) is 76.6 Å². The lowest BCUT2D eigenvalue weighted by atomic mass is 9.85. The zero-order valence-electron chi connectivity index (χ0n) is 24.3. The lowest BCUT2D eigenvalue weighted by Crippen LogP contribution is -2.48. The van der Waals surface area contributed by atoms with Gasteiger partial charge in [0.05, 0.1) is 17.8 Å². The van der Waals surface area contributed by atoms with Crippen molar-refractivity contribution in [1.82, 2.24) is 24.9 Å². The van der Waals surface area contributed by atoms with Gasteiger partial charge in [0.25, 0.3) is 11.5 Å². The fourth-order valence-corrected chi connectivity index (χ4v) is 6.70. The van der Waals surface area contributed by atoms with E-state index in [1.807, 2.05) is 53.4 Å². The Kier molecular flexibility index (Phi) is 8.07. The number of likely N-dealkylation sites (tertiary alicyclic amines) is 2. The van der Waals surface area contributed by atoms with Crippen LogP contribution >= 0.6 is 11.6 Å². The summed E-state index contributed by atoms with van der Waals surface area (Å²) in [7, 11) is 3.64. The van der Waals surface area contributed by atoms with Crippen LogP contribution in [0, 0.1) is 0 Å². The van der Waals surface area contributed by atoms with Crippen molar-refractivity contribution in [2.75, 3.05) is 38.5 Å². The van der Waals surface area contributed by atoms with Crippen LogP contribution in [0.3, 0.4) is 0 Å². The first kappa shape index (κ1) is 29.1. The van der Waals surface area contributed by atoms with Crippen molar-refractivity contribution < 1.29 is 14.4 Å². The quantitative estimate of drug-likeness (QED) is 0.417. The Labute approximate surface area is 255 Å². The highest BCUT2D eigenvalue weighted by Gasteiger charge is 2.34. The lowest BCUT2D eigenvalue weighted by molar-refractivity contribution is -0.134. The number of hydrogen-bond acceptors (Lipinski definition) is 7. The first-order valence-corrected chi connectivity index (χ1v) is 15.0. The van der Waals surface area contributed by atoms with E-state index in [1.54, 1.807) is 13.2 Å². The summed E-state index contributed by atoms with van der Waals surface area (Å²) in [6.45, 7) is 2.95. The molecule has 4 heterocycles. The highest BCUT2D eigenvalue weighted by atomic mass is 35.5. The predicted octanol–water partition coefficient (Wildman–Crippen LogP) is 3.09. The molecule has 3 atom stereocenters. The molecule has 0 radical (unpaired) electrons. The number of nitrogens with zero attached hydrogens (tertiary/aromatic N) is 4. The Hall–Kier alpha value is -4.02. The van der Waals surface area contributed by atoms with Gasteiger partial charge in [-0.2, -0.15) is 5.10 Å². The number of rotatable bonds is 6. The molecule has 11 heteroatoms. The van der Waals surface area contributed by atoms with Crippen LogP contribution in [0.5, 0.6) is 0 Å². The maximum absolute atomic E-state index is 13.2. The summed E-state index contributed by atoms with van der Waals surface area (Å²) in [5.41, 5.74) is 4.06. The summed E-state index contributed by atoms with van der Waals surface area (Å²) in [4.78, 5) is 53.4. The van der Waals surface area contributed by atoms with Crippen LogP contribution in [0.25, 0.3) is 0 Å². The van der Waals surface area contributed by atoms with Crippen molar-refractivity contribution >= 4 is 35.0 Å². The fourth-order valence-electron chi connectivity index (χ4n) is 6.47. The number of piperidine rings is 2. The third kappa shape index (κ3) is 6.07. The fraction of sp³-hybridized carbons (Fsp3) is 0.406. The van der Waals surface area contributed by atoms with Crippen LogP contribution in [0.15, 0.2) is 59.5 Å². The van der Waals surface area contributed by atoms with Crippen LogP contribution < -0.4 is 16.2 Å². The molecule has 3 amide bonds. The number of likely N-dealkylation sites (N-methyl/N-ethyl adjacent to an activating group) is 1. The molecule has 10 nitrogen and oxygen atoms in total. The Morgan fingerprint density at radius 1 is 0.953 bits per heavy atom. The first-order chi connectivity index (χ1) is 20.7. The van der Waals surface area contributed by atoms with Gasteiger partial charge in [-0.15, -0.1) is 0 Å². The molecule has 3 fully saturated rings. The van der Waals surface area contributed by atoms with Gasteiger partial charge in [-0.3, -0.25) is 24.5 Å². The summed E-state index contributed by atoms with van der Waals surface area (Å²) in [5, 5.41) is 10.1. The molecular weight excluding hydrogens is 568 g/mol. The molecule has 3 unspecified atom stereocenters. The molecule has 2 N–H and O–H groups in total. The van der Waals surface area contributed by atoms with E-state index in [9.17, 15) is 19.2 Å². The topological polar surface area (TPSA) is 117 Å². The van der Waals surface area contributed by atoms with E-state index in [0.717, 1.165) is 36.2 Å². The van der Waals surface area contributed by atoms with Crippen molar-refractivity contribution in [3.63, 3.8) is 0 Å². The molecule has 43 heavy (non-hydrogen) atoms. The van der Waals surface area contributed by atoms with Gasteiger partial charge >= 0.3 is 0 Å². The van der Waals surface area contributed by atoms with Gasteiger partial charge in [-0.1, -0.05) is 48.0 Å². The molecule has 0 aliphatic carbocycles. The Bertz CT molecular complexity index is 1620. The summed E-state index contributed by atoms with van der Waals surface area (Å²) in [6, 6.07) is 16.0. The minimum Gasteiger partial charge on any atom is -0.378 e. The largest absolute Gasteiger partial charge is 0.378 e. The zero-order chi connectivity index (χ0) is 30.2. The van der Waals surface area contributed by atoms with Gasteiger partial charge in [0.15, 0.2) is 0 Å². The maximum atomic E-state index is 13.2. The number of amides is 3. The number of imide groups is 1. The zero-order valence-corrected chi connectivity index (χ0v) is 25.0. The summed E-state index contributed by atoms with van der Waals surface area (Å²) >= 11 is 6.28. The third-order valence-corrected chi connectivity index (χ3v) is 9.26. The number of carbonyl (C=O) groups excluding carboxylic acids is 3. The van der Waals surface area contributed by atoms with E-state index in [2.05, 4.69) is 27.7 Å². The Morgan fingerprint density at radius 3 is 2.44 bits per heavy atom. The van der Waals surface area contributed by atoms with Crippen LogP contribution in [-0.2, 0) is 16.6 Å². The molecular formula is C32H35ClN6O4. The Morgan fingerprint density at radius 2 is 1.70 bits per heavy atom. The number of halogens is 1. The van der Waals surface area contributed by atoms with E-state index in [0.29, 0.717) is 37.2 Å². The van der Waals surface area contributed by atoms with E-state index < -0.39 is 0 Å². The summed E-state index contributed by atoms with van der Waals surface area (Å²) < 4.78 is 1.22. The SMILES string of the molecule is CN1CC(Nc2cnn(C)c(=O)c2Cl)CC(c2ccc(C(=O)N3CC(c4cccc(C5CCC(=O)NC5=O)c4)C3)cc2)C1. The monoisotopic (exact) mass is 602 g/mol. The van der Waals surface area contributed by atoms with Crippen molar-refractivity contribution in [2.45, 2.75) is 43.1 Å². The van der Waals surface area contributed by atoms with Crippen molar-refractivity contribution in [1.29, 1.82) is 0 Å². The number of anilines is 1. The summed E-state index contributed by atoms with van der Waals surface area (Å²) in [5.74, 6) is -0.287. The van der Waals surface area contributed by atoms with Crippen LogP contribution in [0.4, 0.5) is 5.69 Å². The second kappa shape index (κ2) is 11.9. The van der Waals surface area contributed by atoms with E-state index in [1.165, 1.54) is 4.68 Å². The van der Waals surface area contributed by atoms with Gasteiger partial charge in [-0.05, 0) is 54.6 Å². The molecule has 224 valence electrons. The number of aryl methyl sites for hydroxylation is 1. The standard InChI is InChI=1S/C32H35ClN6O4/c1-37-15-23(13-25(18-37)35-27-14-34-38(2)32(43)29(27)33)19-6-8-20(9-7-19)31(42)39-16-24(17-39)21-4-3-5-22(12-21)26-10-11-28(40)36-30(26)41/h3-9,12,14,23-26,35H,10-11,13,15-18H2,1-2H3,(H,36,40,41). The van der Waals surface area contributed by atoms with Crippen molar-refractivity contribution in [2.24, 2.45) is 7.05 Å². The molecule has 3 aliphatic rings. The number of hydrogen-bond donors (Lipinski definition) is 2. The first-order valence-electron chi connectivity index (χ1n) is 14.7. The predicted molar refractivity (Wildman–Crippen MR) is 163 cm³/mol. The molecule has 0 saturated carbocycles. The van der Waals surface area contributed by atoms with E-state index in [-0.39, 0.29) is 52.1 Å². The van der Waals surface area contributed by atoms with E-state index >= 15 is 0 Å². The third-order valence-electron chi connectivity index (χ3n) is 8.89. The number of nitrogens with one attached hydrogen (secondary N) is 2. The van der Waals surface area contributed by atoms with Gasteiger partial charge in [0, 0.05) is 57.2 Å².